The Morgan fingerprint density at radius 3 is 2.75 bits per heavy atom. The monoisotopic (exact) mass is 217 g/mol. The molecule has 0 radical (unpaired) electrons. The molecular weight excluding hydrogens is 198 g/mol. The van der Waals surface area contributed by atoms with Gasteiger partial charge in [-0.05, 0) is 37.4 Å². The van der Waals surface area contributed by atoms with Crippen molar-refractivity contribution in [3.05, 3.63) is 35.4 Å². The second-order valence-electron chi connectivity index (χ2n) is 5.18. The maximum atomic E-state index is 5.32. The summed E-state index contributed by atoms with van der Waals surface area (Å²) in [7, 11) is 0. The molecule has 2 aliphatic rings. The minimum atomic E-state index is 0.187. The molecule has 0 amide bonds. The first-order chi connectivity index (χ1) is 7.80. The molecule has 2 fully saturated rings. The van der Waals surface area contributed by atoms with Crippen molar-refractivity contribution in [2.45, 2.75) is 31.2 Å². The number of hydrogen-bond acceptors (Lipinski definition) is 2. The largest absolute Gasteiger partial charge is 0.380 e. The van der Waals surface area contributed by atoms with Gasteiger partial charge in [-0.1, -0.05) is 24.3 Å². The van der Waals surface area contributed by atoms with E-state index in [1.807, 2.05) is 0 Å². The summed E-state index contributed by atoms with van der Waals surface area (Å²) < 4.78 is 5.32. The van der Waals surface area contributed by atoms with Crippen LogP contribution in [-0.4, -0.2) is 19.8 Å². The van der Waals surface area contributed by atoms with Gasteiger partial charge in [-0.15, -0.1) is 0 Å². The summed E-state index contributed by atoms with van der Waals surface area (Å²) in [6.45, 7) is 5.27. The van der Waals surface area contributed by atoms with E-state index in [0.29, 0.717) is 5.92 Å². The zero-order valence-electron chi connectivity index (χ0n) is 9.83. The molecule has 0 spiro atoms. The summed E-state index contributed by atoms with van der Waals surface area (Å²) >= 11 is 0. The molecular formula is C14H19NO. The summed E-state index contributed by atoms with van der Waals surface area (Å²) in [5, 5.41) is 3.65. The van der Waals surface area contributed by atoms with Crippen LogP contribution in [-0.2, 0) is 10.3 Å². The quantitative estimate of drug-likeness (QED) is 0.821. The fourth-order valence-corrected chi connectivity index (χ4v) is 2.90. The predicted octanol–water partition coefficient (Wildman–Crippen LogP) is 2.40. The van der Waals surface area contributed by atoms with Gasteiger partial charge in [0.1, 0.15) is 0 Å². The van der Waals surface area contributed by atoms with E-state index in [2.05, 4.69) is 36.5 Å². The topological polar surface area (TPSA) is 21.3 Å². The second-order valence-corrected chi connectivity index (χ2v) is 5.18. The number of benzene rings is 1. The fraction of sp³-hybridized carbons (Fsp3) is 0.571. The van der Waals surface area contributed by atoms with Gasteiger partial charge >= 0.3 is 0 Å². The molecule has 2 heteroatoms. The van der Waals surface area contributed by atoms with Gasteiger partial charge in [-0.3, -0.25) is 0 Å². The molecule has 86 valence electrons. The van der Waals surface area contributed by atoms with Gasteiger partial charge in [0.15, 0.2) is 0 Å². The molecule has 3 rings (SSSR count). The highest BCUT2D eigenvalue weighted by Gasteiger charge is 2.34. The maximum absolute atomic E-state index is 5.32. The average Bonchev–Trinajstić information content (AvgIpc) is 2.65. The van der Waals surface area contributed by atoms with Crippen LogP contribution in [0.4, 0.5) is 0 Å². The average molecular weight is 217 g/mol. The number of hydrogen-bond donors (Lipinski definition) is 1. The van der Waals surface area contributed by atoms with Crippen LogP contribution in [0.3, 0.4) is 0 Å². The lowest BCUT2D eigenvalue weighted by Gasteiger charge is -2.34. The van der Waals surface area contributed by atoms with Crippen molar-refractivity contribution in [1.29, 1.82) is 0 Å². The number of rotatable bonds is 2. The summed E-state index contributed by atoms with van der Waals surface area (Å²) in [6.07, 6.45) is 2.53. The molecule has 0 aromatic heterocycles. The van der Waals surface area contributed by atoms with Gasteiger partial charge in [-0.2, -0.15) is 0 Å². The Hall–Kier alpha value is -0.860. The molecule has 1 aromatic rings. The highest BCUT2D eigenvalue weighted by atomic mass is 16.5. The molecule has 1 N–H and O–H groups in total. The molecule has 2 saturated heterocycles. The molecule has 0 bridgehead atoms. The van der Waals surface area contributed by atoms with Crippen molar-refractivity contribution in [2.24, 2.45) is 0 Å². The van der Waals surface area contributed by atoms with Gasteiger partial charge in [0.25, 0.3) is 0 Å². The highest BCUT2D eigenvalue weighted by molar-refractivity contribution is 5.37. The predicted molar refractivity (Wildman–Crippen MR) is 64.6 cm³/mol. The zero-order chi connectivity index (χ0) is 11.0. The van der Waals surface area contributed by atoms with E-state index < -0.39 is 0 Å². The Balaban J connectivity index is 1.98. The van der Waals surface area contributed by atoms with Crippen molar-refractivity contribution in [1.82, 2.24) is 5.32 Å². The van der Waals surface area contributed by atoms with Gasteiger partial charge < -0.3 is 10.1 Å². The van der Waals surface area contributed by atoms with E-state index in [1.54, 1.807) is 0 Å². The smallest absolute Gasteiger partial charge is 0.0557 e. The lowest BCUT2D eigenvalue weighted by atomic mass is 9.82. The van der Waals surface area contributed by atoms with Crippen molar-refractivity contribution in [2.75, 3.05) is 19.8 Å². The number of ether oxygens (including phenoxy) is 1. The van der Waals surface area contributed by atoms with E-state index in [9.17, 15) is 0 Å². The van der Waals surface area contributed by atoms with Crippen LogP contribution < -0.4 is 5.32 Å². The third-order valence-electron chi connectivity index (χ3n) is 4.00. The summed E-state index contributed by atoms with van der Waals surface area (Å²) in [6, 6.07) is 8.86. The summed E-state index contributed by atoms with van der Waals surface area (Å²) in [4.78, 5) is 0. The van der Waals surface area contributed by atoms with Crippen molar-refractivity contribution in [3.63, 3.8) is 0 Å². The standard InChI is InChI=1S/C14H19NO/c1-14(7-4-8-15-14)13-6-3-2-5-12(13)11-9-16-10-11/h2-3,5-6,11,15H,4,7-10H2,1H3. The van der Waals surface area contributed by atoms with Crippen LogP contribution in [0, 0.1) is 0 Å². The molecule has 1 atom stereocenters. The van der Waals surface area contributed by atoms with E-state index in [4.69, 9.17) is 4.74 Å². The van der Waals surface area contributed by atoms with Crippen LogP contribution in [0.1, 0.15) is 36.8 Å². The van der Waals surface area contributed by atoms with Crippen LogP contribution >= 0.6 is 0 Å². The molecule has 0 aliphatic carbocycles. The highest BCUT2D eigenvalue weighted by Crippen LogP contribution is 2.37. The first-order valence-corrected chi connectivity index (χ1v) is 6.22. The van der Waals surface area contributed by atoms with Gasteiger partial charge in [-0.25, -0.2) is 0 Å². The lowest BCUT2D eigenvalue weighted by molar-refractivity contribution is 0.00762. The summed E-state index contributed by atoms with van der Waals surface area (Å²) in [5.74, 6) is 0.621. The Labute approximate surface area is 97.0 Å². The van der Waals surface area contributed by atoms with E-state index >= 15 is 0 Å². The molecule has 0 saturated carbocycles. The van der Waals surface area contributed by atoms with Gasteiger partial charge in [0, 0.05) is 11.5 Å². The van der Waals surface area contributed by atoms with Crippen molar-refractivity contribution >= 4 is 0 Å². The Kier molecular flexibility index (Phi) is 2.49. The second kappa shape index (κ2) is 3.86. The van der Waals surface area contributed by atoms with Crippen LogP contribution in [0.5, 0.6) is 0 Å². The van der Waals surface area contributed by atoms with Gasteiger partial charge in [0.05, 0.1) is 13.2 Å². The van der Waals surface area contributed by atoms with Crippen molar-refractivity contribution in [3.8, 4) is 0 Å². The van der Waals surface area contributed by atoms with Gasteiger partial charge in [0.2, 0.25) is 0 Å². The zero-order valence-corrected chi connectivity index (χ0v) is 9.83. The maximum Gasteiger partial charge on any atom is 0.0557 e. The number of nitrogens with one attached hydrogen (secondary N) is 1. The minimum absolute atomic E-state index is 0.187. The van der Waals surface area contributed by atoms with Crippen LogP contribution in [0.15, 0.2) is 24.3 Å². The third-order valence-corrected chi connectivity index (χ3v) is 4.00. The van der Waals surface area contributed by atoms with Crippen LogP contribution in [0.25, 0.3) is 0 Å². The van der Waals surface area contributed by atoms with E-state index in [-0.39, 0.29) is 5.54 Å². The lowest BCUT2D eigenvalue weighted by Crippen LogP contribution is -2.36. The molecule has 1 unspecified atom stereocenters. The SMILES string of the molecule is CC1(c2ccccc2C2COC2)CCCN1. The molecule has 2 nitrogen and oxygen atoms in total. The molecule has 2 aliphatic heterocycles. The van der Waals surface area contributed by atoms with E-state index in [1.165, 1.54) is 24.0 Å². The normalized spacial score (nSPS) is 30.3. The molecule has 2 heterocycles. The Morgan fingerprint density at radius 1 is 1.31 bits per heavy atom. The fourth-order valence-electron chi connectivity index (χ4n) is 2.90. The first kappa shape index (κ1) is 10.3. The van der Waals surface area contributed by atoms with Crippen molar-refractivity contribution < 1.29 is 4.74 Å². The molecule has 1 aromatic carbocycles. The Bertz CT molecular complexity index is 378. The van der Waals surface area contributed by atoms with Crippen LogP contribution in [0.2, 0.25) is 0 Å². The summed E-state index contributed by atoms with van der Waals surface area (Å²) in [5.41, 5.74) is 3.16. The first-order valence-electron chi connectivity index (χ1n) is 6.22. The third kappa shape index (κ3) is 1.57. The van der Waals surface area contributed by atoms with E-state index in [0.717, 1.165) is 19.8 Å². The Morgan fingerprint density at radius 2 is 2.12 bits per heavy atom. The molecule has 16 heavy (non-hydrogen) atoms. The minimum Gasteiger partial charge on any atom is -0.380 e.